The monoisotopic (exact) mass is 341 g/mol. The first-order chi connectivity index (χ1) is 12.8. The highest BCUT2D eigenvalue weighted by atomic mass is 15.3. The Morgan fingerprint density at radius 3 is 2.85 bits per heavy atom. The van der Waals surface area contributed by atoms with E-state index >= 15 is 0 Å². The molecular weight excluding hydrogens is 326 g/mol. The summed E-state index contributed by atoms with van der Waals surface area (Å²) in [5.74, 6) is 0.455. The van der Waals surface area contributed by atoms with Gasteiger partial charge in [-0.15, -0.1) is 0 Å². The first kappa shape index (κ1) is 13.8. The quantitative estimate of drug-likeness (QED) is 0.495. The molecule has 0 N–H and O–H groups in total. The SMILES string of the molecule is c1cc2n(c1)CC(c1cnc3cc(-c4ccc5nccn5n4)nn3c1)C2. The van der Waals surface area contributed by atoms with E-state index < -0.39 is 0 Å². The number of imidazole rings is 1. The number of hydrogen-bond acceptors (Lipinski definition) is 4. The Hall–Kier alpha value is -3.48. The summed E-state index contributed by atoms with van der Waals surface area (Å²) < 4.78 is 5.93. The van der Waals surface area contributed by atoms with Gasteiger partial charge < -0.3 is 4.57 Å². The van der Waals surface area contributed by atoms with Crippen LogP contribution in [-0.2, 0) is 13.0 Å². The van der Waals surface area contributed by atoms with Crippen molar-refractivity contribution in [1.29, 1.82) is 0 Å². The number of fused-ring (bicyclic) bond motifs is 3. The van der Waals surface area contributed by atoms with E-state index in [9.17, 15) is 0 Å². The second-order valence-electron chi connectivity index (χ2n) is 6.72. The van der Waals surface area contributed by atoms with Crippen molar-refractivity contribution in [3.63, 3.8) is 0 Å². The summed E-state index contributed by atoms with van der Waals surface area (Å²) >= 11 is 0. The molecule has 0 saturated heterocycles. The van der Waals surface area contributed by atoms with Crippen molar-refractivity contribution in [2.24, 2.45) is 0 Å². The van der Waals surface area contributed by atoms with Gasteiger partial charge in [0.1, 0.15) is 11.4 Å². The molecule has 0 radical (unpaired) electrons. The fourth-order valence-electron chi connectivity index (χ4n) is 3.77. The van der Waals surface area contributed by atoms with Crippen LogP contribution in [0, 0.1) is 0 Å². The molecule has 6 rings (SSSR count). The molecule has 1 aliphatic rings. The molecule has 126 valence electrons. The fraction of sp³-hybridized carbons (Fsp3) is 0.158. The van der Waals surface area contributed by atoms with Crippen molar-refractivity contribution in [3.8, 4) is 11.4 Å². The molecule has 7 nitrogen and oxygen atoms in total. The van der Waals surface area contributed by atoms with Crippen LogP contribution in [0.5, 0.6) is 0 Å². The second kappa shape index (κ2) is 5.01. The van der Waals surface area contributed by atoms with Crippen molar-refractivity contribution in [3.05, 3.63) is 72.6 Å². The van der Waals surface area contributed by atoms with E-state index in [1.54, 1.807) is 10.7 Å². The molecule has 7 heteroatoms. The summed E-state index contributed by atoms with van der Waals surface area (Å²) in [4.78, 5) is 8.84. The zero-order chi connectivity index (χ0) is 17.1. The molecule has 0 aliphatic carbocycles. The van der Waals surface area contributed by atoms with E-state index in [1.165, 1.54) is 11.3 Å². The van der Waals surface area contributed by atoms with E-state index in [0.29, 0.717) is 5.92 Å². The molecule has 1 unspecified atom stereocenters. The Morgan fingerprint density at radius 2 is 1.88 bits per heavy atom. The van der Waals surface area contributed by atoms with E-state index in [-0.39, 0.29) is 0 Å². The summed E-state index contributed by atoms with van der Waals surface area (Å²) in [6.07, 6.45) is 10.8. The average molecular weight is 341 g/mol. The highest BCUT2D eigenvalue weighted by molar-refractivity contribution is 5.61. The van der Waals surface area contributed by atoms with Crippen LogP contribution in [0.15, 0.2) is 61.3 Å². The van der Waals surface area contributed by atoms with Crippen molar-refractivity contribution in [2.75, 3.05) is 0 Å². The third kappa shape index (κ3) is 2.00. The van der Waals surface area contributed by atoms with Gasteiger partial charge in [-0.3, -0.25) is 0 Å². The minimum Gasteiger partial charge on any atom is -0.351 e. The van der Waals surface area contributed by atoms with Gasteiger partial charge in [0, 0.05) is 55.2 Å². The summed E-state index contributed by atoms with van der Waals surface area (Å²) in [7, 11) is 0. The minimum absolute atomic E-state index is 0.455. The Labute approximate surface area is 148 Å². The third-order valence-electron chi connectivity index (χ3n) is 5.12. The maximum atomic E-state index is 4.69. The molecule has 6 heterocycles. The van der Waals surface area contributed by atoms with Gasteiger partial charge in [-0.05, 0) is 36.2 Å². The van der Waals surface area contributed by atoms with Crippen LogP contribution < -0.4 is 0 Å². The molecule has 0 spiro atoms. The van der Waals surface area contributed by atoms with Gasteiger partial charge in [-0.2, -0.15) is 10.2 Å². The van der Waals surface area contributed by atoms with Crippen LogP contribution in [0.1, 0.15) is 17.2 Å². The molecule has 0 aromatic carbocycles. The van der Waals surface area contributed by atoms with E-state index in [1.807, 2.05) is 35.1 Å². The molecule has 0 saturated carbocycles. The van der Waals surface area contributed by atoms with Gasteiger partial charge in [0.15, 0.2) is 11.3 Å². The molecule has 1 atom stereocenters. The lowest BCUT2D eigenvalue weighted by Gasteiger charge is -2.08. The van der Waals surface area contributed by atoms with Gasteiger partial charge >= 0.3 is 0 Å². The lowest BCUT2D eigenvalue weighted by Crippen LogP contribution is -2.03. The largest absolute Gasteiger partial charge is 0.351 e. The van der Waals surface area contributed by atoms with Crippen LogP contribution in [0.25, 0.3) is 22.7 Å². The van der Waals surface area contributed by atoms with E-state index in [4.69, 9.17) is 5.10 Å². The van der Waals surface area contributed by atoms with E-state index in [2.05, 4.69) is 44.2 Å². The standard InChI is InChI=1S/C19H15N7/c1-2-15-8-13(11-24(15)6-1)14-10-21-19-9-17(23-26(19)12-14)16-3-4-18-20-5-7-25(18)22-16/h1-7,9-10,12-13H,8,11H2. The Bertz CT molecular complexity index is 1240. The Morgan fingerprint density at radius 1 is 0.923 bits per heavy atom. The number of hydrogen-bond donors (Lipinski definition) is 0. The van der Waals surface area contributed by atoms with Crippen molar-refractivity contribution in [2.45, 2.75) is 18.9 Å². The predicted octanol–water partition coefficient (Wildman–Crippen LogP) is 2.58. The Balaban J connectivity index is 1.38. The molecular formula is C19H15N7. The first-order valence-electron chi connectivity index (χ1n) is 8.64. The lowest BCUT2D eigenvalue weighted by atomic mass is 10.00. The molecule has 1 aliphatic heterocycles. The van der Waals surface area contributed by atoms with Gasteiger partial charge in [-0.1, -0.05) is 0 Å². The molecule has 5 aromatic rings. The average Bonchev–Trinajstić information content (AvgIpc) is 3.41. The van der Waals surface area contributed by atoms with Gasteiger partial charge in [-0.25, -0.2) is 19.0 Å². The highest BCUT2D eigenvalue weighted by Gasteiger charge is 2.23. The van der Waals surface area contributed by atoms with Crippen molar-refractivity contribution >= 4 is 11.3 Å². The predicted molar refractivity (Wildman–Crippen MR) is 95.8 cm³/mol. The molecule has 0 fully saturated rings. The first-order valence-corrected chi connectivity index (χ1v) is 8.64. The van der Waals surface area contributed by atoms with Crippen LogP contribution in [-0.4, -0.2) is 33.8 Å². The van der Waals surface area contributed by atoms with E-state index in [0.717, 1.165) is 35.6 Å². The molecule has 26 heavy (non-hydrogen) atoms. The van der Waals surface area contributed by atoms with Crippen molar-refractivity contribution < 1.29 is 0 Å². The maximum absolute atomic E-state index is 4.69. The van der Waals surface area contributed by atoms with Gasteiger partial charge in [0.2, 0.25) is 0 Å². The smallest absolute Gasteiger partial charge is 0.155 e. The molecule has 5 aromatic heterocycles. The fourth-order valence-corrected chi connectivity index (χ4v) is 3.77. The lowest BCUT2D eigenvalue weighted by molar-refractivity contribution is 0.644. The van der Waals surface area contributed by atoms with Crippen LogP contribution in [0.2, 0.25) is 0 Å². The van der Waals surface area contributed by atoms with Crippen LogP contribution in [0.3, 0.4) is 0 Å². The second-order valence-corrected chi connectivity index (χ2v) is 6.72. The zero-order valence-electron chi connectivity index (χ0n) is 13.9. The maximum Gasteiger partial charge on any atom is 0.155 e. The zero-order valence-corrected chi connectivity index (χ0v) is 13.9. The minimum atomic E-state index is 0.455. The topological polar surface area (TPSA) is 65.3 Å². The van der Waals surface area contributed by atoms with Crippen LogP contribution >= 0.6 is 0 Å². The normalized spacial score (nSPS) is 16.5. The summed E-state index contributed by atoms with van der Waals surface area (Å²) in [6, 6.07) is 10.1. The van der Waals surface area contributed by atoms with Crippen LogP contribution in [0.4, 0.5) is 0 Å². The summed E-state index contributed by atoms with van der Waals surface area (Å²) in [5.41, 5.74) is 5.86. The summed E-state index contributed by atoms with van der Waals surface area (Å²) in [5, 5.41) is 9.26. The molecule has 0 amide bonds. The van der Waals surface area contributed by atoms with Gasteiger partial charge in [0.05, 0.1) is 0 Å². The highest BCUT2D eigenvalue weighted by Crippen LogP contribution is 2.29. The third-order valence-corrected chi connectivity index (χ3v) is 5.12. The number of nitrogens with zero attached hydrogens (tertiary/aromatic N) is 7. The number of rotatable bonds is 2. The summed E-state index contributed by atoms with van der Waals surface area (Å²) in [6.45, 7) is 1.00. The van der Waals surface area contributed by atoms with Gasteiger partial charge in [0.25, 0.3) is 0 Å². The number of aromatic nitrogens is 7. The molecule has 0 bridgehead atoms. The Kier molecular flexibility index (Phi) is 2.65. The van der Waals surface area contributed by atoms with Crippen molar-refractivity contribution in [1.82, 2.24) is 33.8 Å².